The van der Waals surface area contributed by atoms with Gasteiger partial charge in [-0.1, -0.05) is 0 Å². The number of carboxylic acids is 1. The number of carboxylic acid groups (broad SMARTS) is 1. The van der Waals surface area contributed by atoms with Crippen LogP contribution in [0.2, 0.25) is 0 Å². The van der Waals surface area contributed by atoms with Crippen LogP contribution in [-0.4, -0.2) is 51.7 Å². The molecule has 1 amide bonds. The molecule has 0 saturated heterocycles. The van der Waals surface area contributed by atoms with Crippen molar-refractivity contribution in [1.29, 1.82) is 0 Å². The number of amides is 1. The third kappa shape index (κ3) is 4.53. The highest BCUT2D eigenvalue weighted by molar-refractivity contribution is 5.91. The summed E-state index contributed by atoms with van der Waals surface area (Å²) in [6, 6.07) is 3.15. The normalized spacial score (nSPS) is 10.9. The first-order chi connectivity index (χ1) is 8.71. The van der Waals surface area contributed by atoms with Crippen LogP contribution in [0.4, 0.5) is 5.82 Å². The van der Waals surface area contributed by atoms with Gasteiger partial charge in [0.2, 0.25) is 0 Å². The summed E-state index contributed by atoms with van der Waals surface area (Å²) in [4.78, 5) is 23.7. The summed E-state index contributed by atoms with van der Waals surface area (Å²) in [5.74, 6) is -0.699. The van der Waals surface area contributed by atoms with Gasteiger partial charge >= 0.3 is 5.97 Å². The van der Waals surface area contributed by atoms with Crippen LogP contribution in [0.25, 0.3) is 0 Å². The maximum absolute atomic E-state index is 11.6. The molecule has 0 aliphatic heterocycles. The highest BCUT2D eigenvalue weighted by Gasteiger charge is 2.22. The van der Waals surface area contributed by atoms with Crippen molar-refractivity contribution in [3.63, 3.8) is 0 Å². The lowest BCUT2D eigenvalue weighted by Gasteiger charge is -2.24. The molecule has 1 aromatic rings. The molecule has 1 rings (SSSR count). The molecule has 0 aliphatic rings. The van der Waals surface area contributed by atoms with Crippen molar-refractivity contribution in [1.82, 2.24) is 15.1 Å². The molecular weight excluding hydrogens is 248 g/mol. The predicted molar refractivity (Wildman–Crippen MR) is 70.0 cm³/mol. The zero-order valence-electron chi connectivity index (χ0n) is 11.5. The molecule has 0 aromatic carbocycles. The monoisotopic (exact) mass is 266 g/mol. The molecule has 1 heterocycles. The van der Waals surface area contributed by atoms with Crippen LogP contribution in [0.3, 0.4) is 0 Å². The Morgan fingerprint density at radius 2 is 1.95 bits per heavy atom. The van der Waals surface area contributed by atoms with Crippen LogP contribution >= 0.6 is 0 Å². The standard InChI is InChI=1S/C12H18N4O3/c1-12(2,7-10(17)18)13-9-6-5-8(14-15-9)11(19)16(3)4/h5-6H,7H2,1-4H3,(H,13,15)(H,17,18). The van der Waals surface area contributed by atoms with Gasteiger partial charge in [0.05, 0.1) is 6.42 Å². The van der Waals surface area contributed by atoms with E-state index in [1.54, 1.807) is 40.1 Å². The van der Waals surface area contributed by atoms with Crippen LogP contribution in [0.5, 0.6) is 0 Å². The van der Waals surface area contributed by atoms with Gasteiger partial charge in [0.15, 0.2) is 5.69 Å². The lowest BCUT2D eigenvalue weighted by molar-refractivity contribution is -0.137. The Labute approximate surface area is 111 Å². The minimum atomic E-state index is -0.898. The van der Waals surface area contributed by atoms with Gasteiger partial charge in [0.25, 0.3) is 5.91 Å². The van der Waals surface area contributed by atoms with Gasteiger partial charge in [0.1, 0.15) is 5.82 Å². The van der Waals surface area contributed by atoms with E-state index in [0.717, 1.165) is 0 Å². The highest BCUT2D eigenvalue weighted by atomic mass is 16.4. The van der Waals surface area contributed by atoms with Crippen molar-refractivity contribution < 1.29 is 14.7 Å². The molecule has 19 heavy (non-hydrogen) atoms. The number of hydrogen-bond donors (Lipinski definition) is 2. The summed E-state index contributed by atoms with van der Waals surface area (Å²) < 4.78 is 0. The van der Waals surface area contributed by atoms with Gasteiger partial charge in [-0.3, -0.25) is 9.59 Å². The van der Waals surface area contributed by atoms with Crippen LogP contribution < -0.4 is 5.32 Å². The first-order valence-corrected chi connectivity index (χ1v) is 5.76. The van der Waals surface area contributed by atoms with Gasteiger partial charge in [-0.25, -0.2) is 0 Å². The molecule has 1 aromatic heterocycles. The summed E-state index contributed by atoms with van der Waals surface area (Å²) in [6.07, 6.45) is -0.0486. The van der Waals surface area contributed by atoms with Crippen molar-refractivity contribution in [2.24, 2.45) is 0 Å². The number of nitrogens with zero attached hydrogens (tertiary/aromatic N) is 3. The number of carbonyl (C=O) groups is 2. The second-order valence-corrected chi connectivity index (χ2v) is 5.08. The van der Waals surface area contributed by atoms with Crippen LogP contribution in [0, 0.1) is 0 Å². The molecule has 0 saturated carbocycles. The lowest BCUT2D eigenvalue weighted by atomic mass is 10.0. The average Bonchev–Trinajstić information content (AvgIpc) is 2.26. The Kier molecular flexibility index (Phi) is 4.42. The largest absolute Gasteiger partial charge is 0.481 e. The highest BCUT2D eigenvalue weighted by Crippen LogP contribution is 2.16. The van der Waals surface area contributed by atoms with E-state index in [0.29, 0.717) is 5.82 Å². The fourth-order valence-corrected chi connectivity index (χ4v) is 1.51. The average molecular weight is 266 g/mol. The van der Waals surface area contributed by atoms with Gasteiger partial charge in [0, 0.05) is 19.6 Å². The Balaban J connectivity index is 2.77. The molecule has 0 bridgehead atoms. The van der Waals surface area contributed by atoms with Gasteiger partial charge in [-0.2, -0.15) is 0 Å². The summed E-state index contributed by atoms with van der Waals surface area (Å²) >= 11 is 0. The fourth-order valence-electron chi connectivity index (χ4n) is 1.51. The molecule has 0 radical (unpaired) electrons. The predicted octanol–water partition coefficient (Wildman–Crippen LogP) is 0.844. The lowest BCUT2D eigenvalue weighted by Crippen LogP contribution is -2.34. The van der Waals surface area contributed by atoms with E-state index in [4.69, 9.17) is 5.11 Å². The third-order valence-electron chi connectivity index (χ3n) is 2.35. The number of hydrogen-bond acceptors (Lipinski definition) is 5. The maximum atomic E-state index is 11.6. The molecule has 7 heteroatoms. The van der Waals surface area contributed by atoms with Gasteiger partial charge in [-0.05, 0) is 26.0 Å². The van der Waals surface area contributed by atoms with E-state index in [9.17, 15) is 9.59 Å². The van der Waals surface area contributed by atoms with Crippen LogP contribution in [0.15, 0.2) is 12.1 Å². The van der Waals surface area contributed by atoms with Crippen molar-refractivity contribution in [3.8, 4) is 0 Å². The smallest absolute Gasteiger partial charge is 0.305 e. The second-order valence-electron chi connectivity index (χ2n) is 5.08. The number of anilines is 1. The molecule has 104 valence electrons. The number of nitrogens with one attached hydrogen (secondary N) is 1. The summed E-state index contributed by atoms with van der Waals surface area (Å²) in [6.45, 7) is 3.50. The number of aromatic nitrogens is 2. The van der Waals surface area contributed by atoms with E-state index in [-0.39, 0.29) is 18.0 Å². The van der Waals surface area contributed by atoms with E-state index in [2.05, 4.69) is 15.5 Å². The van der Waals surface area contributed by atoms with Crippen LogP contribution in [-0.2, 0) is 4.79 Å². The molecule has 0 aliphatic carbocycles. The van der Waals surface area contributed by atoms with Crippen LogP contribution in [0.1, 0.15) is 30.8 Å². The zero-order valence-corrected chi connectivity index (χ0v) is 11.5. The Bertz CT molecular complexity index is 468. The van der Waals surface area contributed by atoms with Crippen molar-refractivity contribution in [2.75, 3.05) is 19.4 Å². The first kappa shape index (κ1) is 14.9. The van der Waals surface area contributed by atoms with Crippen molar-refractivity contribution in [2.45, 2.75) is 25.8 Å². The SMILES string of the molecule is CN(C)C(=O)c1ccc(NC(C)(C)CC(=O)O)nn1. The van der Waals surface area contributed by atoms with Gasteiger partial charge < -0.3 is 15.3 Å². The molecular formula is C12H18N4O3. The number of rotatable bonds is 5. The van der Waals surface area contributed by atoms with E-state index >= 15 is 0 Å². The molecule has 0 unspecified atom stereocenters. The minimum Gasteiger partial charge on any atom is -0.481 e. The molecule has 0 spiro atoms. The summed E-state index contributed by atoms with van der Waals surface area (Å²) in [5, 5.41) is 19.4. The van der Waals surface area contributed by atoms with E-state index < -0.39 is 11.5 Å². The third-order valence-corrected chi connectivity index (χ3v) is 2.35. The zero-order chi connectivity index (χ0) is 14.6. The van der Waals surface area contributed by atoms with Crippen molar-refractivity contribution in [3.05, 3.63) is 17.8 Å². The maximum Gasteiger partial charge on any atom is 0.305 e. The van der Waals surface area contributed by atoms with Gasteiger partial charge in [-0.15, -0.1) is 10.2 Å². The Morgan fingerprint density at radius 1 is 1.32 bits per heavy atom. The Morgan fingerprint density at radius 3 is 2.37 bits per heavy atom. The topological polar surface area (TPSA) is 95.4 Å². The first-order valence-electron chi connectivity index (χ1n) is 5.76. The summed E-state index contributed by atoms with van der Waals surface area (Å²) in [7, 11) is 3.26. The second kappa shape index (κ2) is 5.64. The van der Waals surface area contributed by atoms with Crippen molar-refractivity contribution >= 4 is 17.7 Å². The minimum absolute atomic E-state index is 0.0486. The summed E-state index contributed by atoms with van der Waals surface area (Å²) in [5.41, 5.74) is -0.403. The Hall–Kier alpha value is -2.18. The molecule has 0 atom stereocenters. The molecule has 7 nitrogen and oxygen atoms in total. The van der Waals surface area contributed by atoms with E-state index in [1.807, 2.05) is 0 Å². The quantitative estimate of drug-likeness (QED) is 0.820. The molecule has 2 N–H and O–H groups in total. The molecule has 0 fully saturated rings. The number of aliphatic carboxylic acids is 1. The number of carbonyl (C=O) groups excluding carboxylic acids is 1. The fraction of sp³-hybridized carbons (Fsp3) is 0.500. The van der Waals surface area contributed by atoms with E-state index in [1.165, 1.54) is 4.90 Å².